The second-order valence-electron chi connectivity index (χ2n) is 3.46. The van der Waals surface area contributed by atoms with Crippen LogP contribution in [0.2, 0.25) is 0 Å². The number of hydrogen-bond donors (Lipinski definition) is 0. The molecule has 7 heteroatoms. The lowest BCUT2D eigenvalue weighted by atomic mass is 10.5. The molecule has 0 heterocycles. The van der Waals surface area contributed by atoms with Gasteiger partial charge in [-0.05, 0) is 0 Å². The van der Waals surface area contributed by atoms with E-state index < -0.39 is 6.67 Å². The fourth-order valence-corrected chi connectivity index (χ4v) is 1.07. The molecule has 0 saturated heterocycles. The van der Waals surface area contributed by atoms with Crippen LogP contribution in [-0.4, -0.2) is 72.6 Å². The van der Waals surface area contributed by atoms with Crippen molar-refractivity contribution >= 4 is 5.97 Å². The molecule has 0 radical (unpaired) electrons. The third-order valence-corrected chi connectivity index (χ3v) is 2.02. The van der Waals surface area contributed by atoms with Gasteiger partial charge in [0.2, 0.25) is 0 Å². The molecule has 0 amide bonds. The van der Waals surface area contributed by atoms with Gasteiger partial charge in [0.1, 0.15) is 6.67 Å². The van der Waals surface area contributed by atoms with Gasteiger partial charge in [-0.1, -0.05) is 0 Å². The van der Waals surface area contributed by atoms with Crippen molar-refractivity contribution < 1.29 is 32.9 Å². The van der Waals surface area contributed by atoms with E-state index >= 15 is 0 Å². The Morgan fingerprint density at radius 2 is 1.21 bits per heavy atom. The number of alkyl halides is 1. The molecule has 0 N–H and O–H groups in total. The molecule has 114 valence electrons. The molecule has 0 bridgehead atoms. The van der Waals surface area contributed by atoms with Gasteiger partial charge >= 0.3 is 5.97 Å². The highest BCUT2D eigenvalue weighted by Gasteiger charge is 1.98. The molecule has 0 atom stereocenters. The average molecular weight is 282 g/mol. The SMILES string of the molecule is COC(=O)CCOCCOCCOCCOCCF. The number of hydrogen-bond acceptors (Lipinski definition) is 6. The molecule has 0 aliphatic heterocycles. The van der Waals surface area contributed by atoms with Crippen LogP contribution in [-0.2, 0) is 28.5 Å². The summed E-state index contributed by atoms with van der Waals surface area (Å²) in [6.45, 7) is 2.59. The highest BCUT2D eigenvalue weighted by molar-refractivity contribution is 5.69. The van der Waals surface area contributed by atoms with Gasteiger partial charge in [0, 0.05) is 0 Å². The Morgan fingerprint density at radius 1 is 0.789 bits per heavy atom. The van der Waals surface area contributed by atoms with Crippen molar-refractivity contribution in [2.45, 2.75) is 6.42 Å². The molecule has 0 aromatic heterocycles. The Hall–Kier alpha value is -0.760. The minimum Gasteiger partial charge on any atom is -0.469 e. The zero-order valence-electron chi connectivity index (χ0n) is 11.4. The number of methoxy groups -OCH3 is 1. The van der Waals surface area contributed by atoms with E-state index in [1.165, 1.54) is 7.11 Å². The first-order valence-electron chi connectivity index (χ1n) is 6.25. The Kier molecular flexibility index (Phi) is 14.7. The second kappa shape index (κ2) is 15.3. The van der Waals surface area contributed by atoms with Crippen LogP contribution < -0.4 is 0 Å². The van der Waals surface area contributed by atoms with Gasteiger partial charge in [0.25, 0.3) is 0 Å². The molecule has 0 aromatic rings. The number of carbonyl (C=O) groups excluding carboxylic acids is 1. The molecular weight excluding hydrogens is 259 g/mol. The van der Waals surface area contributed by atoms with Gasteiger partial charge in [-0.15, -0.1) is 0 Å². The van der Waals surface area contributed by atoms with Crippen molar-refractivity contribution in [2.24, 2.45) is 0 Å². The van der Waals surface area contributed by atoms with Crippen LogP contribution in [0.1, 0.15) is 6.42 Å². The summed E-state index contributed by atoms with van der Waals surface area (Å²) in [7, 11) is 1.34. The van der Waals surface area contributed by atoms with Crippen LogP contribution >= 0.6 is 0 Å². The molecule has 0 aliphatic rings. The third kappa shape index (κ3) is 15.2. The maximum absolute atomic E-state index is 11.6. The predicted molar refractivity (Wildman–Crippen MR) is 65.9 cm³/mol. The highest BCUT2D eigenvalue weighted by atomic mass is 19.1. The fourth-order valence-electron chi connectivity index (χ4n) is 1.07. The minimum atomic E-state index is -0.473. The number of ether oxygens (including phenoxy) is 5. The van der Waals surface area contributed by atoms with Crippen LogP contribution in [0.25, 0.3) is 0 Å². The van der Waals surface area contributed by atoms with Crippen molar-refractivity contribution in [3.63, 3.8) is 0 Å². The lowest BCUT2D eigenvalue weighted by Gasteiger charge is -2.06. The topological polar surface area (TPSA) is 63.2 Å². The number of esters is 1. The summed E-state index contributed by atoms with van der Waals surface area (Å²) in [5.74, 6) is -0.288. The van der Waals surface area contributed by atoms with Crippen molar-refractivity contribution in [1.82, 2.24) is 0 Å². The lowest BCUT2D eigenvalue weighted by Crippen LogP contribution is -2.13. The second-order valence-corrected chi connectivity index (χ2v) is 3.46. The first-order chi connectivity index (χ1) is 9.31. The van der Waals surface area contributed by atoms with Crippen LogP contribution in [0.5, 0.6) is 0 Å². The molecule has 6 nitrogen and oxygen atoms in total. The smallest absolute Gasteiger partial charge is 0.307 e. The van der Waals surface area contributed by atoms with E-state index in [0.29, 0.717) is 46.2 Å². The summed E-state index contributed by atoms with van der Waals surface area (Å²) >= 11 is 0. The summed E-state index contributed by atoms with van der Waals surface area (Å²) in [6, 6.07) is 0. The molecule has 0 aromatic carbocycles. The summed E-state index contributed by atoms with van der Waals surface area (Å²) in [4.78, 5) is 10.7. The van der Waals surface area contributed by atoms with Gasteiger partial charge in [-0.25, -0.2) is 4.39 Å². The molecule has 0 spiro atoms. The lowest BCUT2D eigenvalue weighted by molar-refractivity contribution is -0.141. The Balaban J connectivity index is 2.97. The van der Waals surface area contributed by atoms with E-state index in [4.69, 9.17) is 18.9 Å². The third-order valence-electron chi connectivity index (χ3n) is 2.02. The first kappa shape index (κ1) is 18.2. The average Bonchev–Trinajstić information content (AvgIpc) is 2.43. The standard InChI is InChI=1S/C12H23FO6/c1-15-12(14)2-4-16-6-8-18-10-11-19-9-7-17-5-3-13/h2-11H2,1H3. The predicted octanol–water partition coefficient (Wildman–Crippen LogP) is 0.585. The van der Waals surface area contributed by atoms with Crippen LogP contribution in [0, 0.1) is 0 Å². The zero-order chi connectivity index (χ0) is 14.2. The van der Waals surface area contributed by atoms with E-state index in [2.05, 4.69) is 4.74 Å². The number of carbonyl (C=O) groups is 1. The quantitative estimate of drug-likeness (QED) is 0.343. The normalized spacial score (nSPS) is 10.6. The number of halogens is 1. The largest absolute Gasteiger partial charge is 0.469 e. The fraction of sp³-hybridized carbons (Fsp3) is 0.917. The maximum atomic E-state index is 11.6. The van der Waals surface area contributed by atoms with Crippen LogP contribution in [0.4, 0.5) is 4.39 Å². The summed E-state index contributed by atoms with van der Waals surface area (Å²) in [5, 5.41) is 0. The van der Waals surface area contributed by atoms with E-state index in [1.54, 1.807) is 0 Å². The van der Waals surface area contributed by atoms with Crippen molar-refractivity contribution in [2.75, 3.05) is 66.6 Å². The van der Waals surface area contributed by atoms with E-state index in [-0.39, 0.29) is 19.0 Å². The Morgan fingerprint density at radius 3 is 1.63 bits per heavy atom. The molecule has 0 saturated carbocycles. The summed E-state index contributed by atoms with van der Waals surface area (Å²) in [6.07, 6.45) is 0.249. The van der Waals surface area contributed by atoms with Crippen molar-refractivity contribution in [3.8, 4) is 0 Å². The van der Waals surface area contributed by atoms with E-state index in [1.807, 2.05) is 0 Å². The van der Waals surface area contributed by atoms with E-state index in [9.17, 15) is 9.18 Å². The Labute approximate surface area is 113 Å². The van der Waals surface area contributed by atoms with Crippen molar-refractivity contribution in [1.29, 1.82) is 0 Å². The Bertz CT molecular complexity index is 203. The van der Waals surface area contributed by atoms with Gasteiger partial charge in [0.15, 0.2) is 0 Å². The van der Waals surface area contributed by atoms with Gasteiger partial charge in [-0.2, -0.15) is 0 Å². The molecule has 19 heavy (non-hydrogen) atoms. The molecule has 0 aliphatic carbocycles. The first-order valence-corrected chi connectivity index (χ1v) is 6.25. The summed E-state index contributed by atoms with van der Waals surface area (Å²) < 4.78 is 36.5. The van der Waals surface area contributed by atoms with Gasteiger partial charge in [0.05, 0.1) is 66.4 Å². The maximum Gasteiger partial charge on any atom is 0.307 e. The van der Waals surface area contributed by atoms with Gasteiger partial charge < -0.3 is 23.7 Å². The molecular formula is C12H23FO6. The minimum absolute atomic E-state index is 0.114. The van der Waals surface area contributed by atoms with Crippen molar-refractivity contribution in [3.05, 3.63) is 0 Å². The van der Waals surface area contributed by atoms with Gasteiger partial charge in [-0.3, -0.25) is 4.79 Å². The molecule has 0 rings (SSSR count). The van der Waals surface area contributed by atoms with E-state index in [0.717, 1.165) is 0 Å². The highest BCUT2D eigenvalue weighted by Crippen LogP contribution is 1.87. The van der Waals surface area contributed by atoms with Crippen LogP contribution in [0.3, 0.4) is 0 Å². The van der Waals surface area contributed by atoms with Crippen LogP contribution in [0.15, 0.2) is 0 Å². The zero-order valence-corrected chi connectivity index (χ0v) is 11.4. The molecule has 0 unspecified atom stereocenters. The molecule has 0 fully saturated rings. The number of rotatable bonds is 14. The summed E-state index contributed by atoms with van der Waals surface area (Å²) in [5.41, 5.74) is 0. The monoisotopic (exact) mass is 282 g/mol.